The van der Waals surface area contributed by atoms with Crippen LogP contribution in [0.1, 0.15) is 25.3 Å². The molecule has 0 atom stereocenters. The predicted molar refractivity (Wildman–Crippen MR) is 123 cm³/mol. The summed E-state index contributed by atoms with van der Waals surface area (Å²) in [5.41, 5.74) is 1.00. The van der Waals surface area contributed by atoms with Gasteiger partial charge in [-0.05, 0) is 48.9 Å². The minimum absolute atomic E-state index is 0.0646. The van der Waals surface area contributed by atoms with Gasteiger partial charge in [0.25, 0.3) is 0 Å². The van der Waals surface area contributed by atoms with Gasteiger partial charge in [-0.2, -0.15) is 8.78 Å². The standard InChI is InChI=1S/C24H26ClF2N3O2/c1-2-31-21-13-16(7-8-20(21)32-24(26)27)15-30-11-9-18(10-12-30)28-23-19-6-4-3-5-17(19)14-22(25)29-23/h3-8,13-14,18,24H,2,9-12,15H2,1H3,(H,28,29). The molecule has 3 aromatic rings. The van der Waals surface area contributed by atoms with Crippen LogP contribution in [-0.4, -0.2) is 42.2 Å². The lowest BCUT2D eigenvalue weighted by Crippen LogP contribution is -2.38. The van der Waals surface area contributed by atoms with Crippen molar-refractivity contribution in [1.82, 2.24) is 9.88 Å². The Morgan fingerprint density at radius 2 is 1.91 bits per heavy atom. The first kappa shape index (κ1) is 22.6. The highest BCUT2D eigenvalue weighted by Crippen LogP contribution is 2.31. The third kappa shape index (κ3) is 5.58. The SMILES string of the molecule is CCOc1cc(CN2CCC(Nc3nc(Cl)cc4ccccc34)CC2)ccc1OC(F)F. The lowest BCUT2D eigenvalue weighted by molar-refractivity contribution is -0.0514. The van der Waals surface area contributed by atoms with Crippen LogP contribution in [-0.2, 0) is 6.54 Å². The maximum atomic E-state index is 12.6. The highest BCUT2D eigenvalue weighted by Gasteiger charge is 2.21. The van der Waals surface area contributed by atoms with Crippen LogP contribution in [0, 0.1) is 0 Å². The molecule has 0 spiro atoms. The summed E-state index contributed by atoms with van der Waals surface area (Å²) in [6.45, 7) is 1.86. The minimum Gasteiger partial charge on any atom is -0.490 e. The average Bonchev–Trinajstić information content (AvgIpc) is 2.77. The number of ether oxygens (including phenoxy) is 2. The Morgan fingerprint density at radius 1 is 1.12 bits per heavy atom. The largest absolute Gasteiger partial charge is 0.490 e. The molecule has 2 aromatic carbocycles. The Kier molecular flexibility index (Phi) is 7.27. The number of benzene rings is 2. The first-order valence-corrected chi connectivity index (χ1v) is 11.1. The molecular formula is C24H26ClF2N3O2. The molecule has 0 bridgehead atoms. The summed E-state index contributed by atoms with van der Waals surface area (Å²) in [7, 11) is 0. The molecule has 0 radical (unpaired) electrons. The summed E-state index contributed by atoms with van der Waals surface area (Å²) >= 11 is 6.21. The fourth-order valence-electron chi connectivity index (χ4n) is 4.08. The molecular weight excluding hydrogens is 436 g/mol. The quantitative estimate of drug-likeness (QED) is 0.419. The van der Waals surface area contributed by atoms with E-state index in [1.807, 2.05) is 43.3 Å². The number of likely N-dealkylation sites (tertiary alicyclic amines) is 1. The molecule has 32 heavy (non-hydrogen) atoms. The van der Waals surface area contributed by atoms with Crippen LogP contribution in [0.5, 0.6) is 11.5 Å². The topological polar surface area (TPSA) is 46.6 Å². The molecule has 0 aliphatic carbocycles. The number of hydrogen-bond acceptors (Lipinski definition) is 5. The molecule has 1 saturated heterocycles. The lowest BCUT2D eigenvalue weighted by atomic mass is 10.0. The van der Waals surface area contributed by atoms with E-state index in [9.17, 15) is 8.78 Å². The zero-order valence-corrected chi connectivity index (χ0v) is 18.6. The van der Waals surface area contributed by atoms with E-state index in [-0.39, 0.29) is 5.75 Å². The molecule has 4 rings (SSSR count). The van der Waals surface area contributed by atoms with Crippen molar-refractivity contribution in [2.75, 3.05) is 25.0 Å². The lowest BCUT2D eigenvalue weighted by Gasteiger charge is -2.33. The van der Waals surface area contributed by atoms with E-state index in [0.717, 1.165) is 54.6 Å². The highest BCUT2D eigenvalue weighted by molar-refractivity contribution is 6.30. The van der Waals surface area contributed by atoms with Crippen LogP contribution in [0.3, 0.4) is 0 Å². The van der Waals surface area contributed by atoms with Gasteiger partial charge in [-0.25, -0.2) is 4.98 Å². The number of fused-ring (bicyclic) bond motifs is 1. The number of aromatic nitrogens is 1. The second-order valence-electron chi connectivity index (χ2n) is 7.80. The summed E-state index contributed by atoms with van der Waals surface area (Å²) in [6, 6.07) is 15.4. The Morgan fingerprint density at radius 3 is 2.66 bits per heavy atom. The van der Waals surface area contributed by atoms with Gasteiger partial charge in [0.15, 0.2) is 11.5 Å². The first-order chi connectivity index (χ1) is 15.5. The van der Waals surface area contributed by atoms with Crippen molar-refractivity contribution in [3.05, 3.63) is 59.2 Å². The third-order valence-electron chi connectivity index (χ3n) is 5.57. The maximum Gasteiger partial charge on any atom is 0.387 e. The zero-order valence-electron chi connectivity index (χ0n) is 17.9. The number of rotatable bonds is 8. The Balaban J connectivity index is 1.37. The van der Waals surface area contributed by atoms with Crippen LogP contribution >= 0.6 is 11.6 Å². The van der Waals surface area contributed by atoms with Gasteiger partial charge in [0.1, 0.15) is 11.0 Å². The molecule has 5 nitrogen and oxygen atoms in total. The maximum absolute atomic E-state index is 12.6. The molecule has 2 heterocycles. The average molecular weight is 462 g/mol. The number of hydrogen-bond donors (Lipinski definition) is 1. The number of alkyl halides is 2. The van der Waals surface area contributed by atoms with Gasteiger partial charge < -0.3 is 14.8 Å². The van der Waals surface area contributed by atoms with Crippen LogP contribution < -0.4 is 14.8 Å². The highest BCUT2D eigenvalue weighted by atomic mass is 35.5. The second kappa shape index (κ2) is 10.3. The number of piperidine rings is 1. The fraction of sp³-hybridized carbons (Fsp3) is 0.375. The third-order valence-corrected chi connectivity index (χ3v) is 5.76. The van der Waals surface area contributed by atoms with Crippen LogP contribution in [0.15, 0.2) is 48.5 Å². The summed E-state index contributed by atoms with van der Waals surface area (Å²) in [6.07, 6.45) is 1.93. The molecule has 1 aliphatic rings. The first-order valence-electron chi connectivity index (χ1n) is 10.8. The van der Waals surface area contributed by atoms with Crippen molar-refractivity contribution in [3.8, 4) is 11.5 Å². The summed E-state index contributed by atoms with van der Waals surface area (Å²) < 4.78 is 35.3. The van der Waals surface area contributed by atoms with Gasteiger partial charge in [0, 0.05) is 31.1 Å². The molecule has 170 valence electrons. The summed E-state index contributed by atoms with van der Waals surface area (Å²) in [4.78, 5) is 6.85. The van der Waals surface area contributed by atoms with Crippen molar-refractivity contribution >= 4 is 28.2 Å². The minimum atomic E-state index is -2.88. The van der Waals surface area contributed by atoms with Gasteiger partial charge in [0.2, 0.25) is 0 Å². The predicted octanol–water partition coefficient (Wildman–Crippen LogP) is 5.96. The van der Waals surface area contributed by atoms with Gasteiger partial charge in [-0.15, -0.1) is 0 Å². The van der Waals surface area contributed by atoms with Gasteiger partial charge >= 0.3 is 6.61 Å². The van der Waals surface area contributed by atoms with Crippen molar-refractivity contribution in [3.63, 3.8) is 0 Å². The fourth-order valence-corrected chi connectivity index (χ4v) is 4.28. The van der Waals surface area contributed by atoms with Crippen molar-refractivity contribution in [2.24, 2.45) is 0 Å². The Bertz CT molecular complexity index is 1060. The molecule has 1 fully saturated rings. The second-order valence-corrected chi connectivity index (χ2v) is 8.19. The normalized spacial score (nSPS) is 15.3. The van der Waals surface area contributed by atoms with Gasteiger partial charge in [0.05, 0.1) is 6.61 Å². The smallest absolute Gasteiger partial charge is 0.387 e. The van der Waals surface area contributed by atoms with E-state index < -0.39 is 6.61 Å². The molecule has 1 aromatic heterocycles. The molecule has 0 saturated carbocycles. The molecule has 0 unspecified atom stereocenters. The summed E-state index contributed by atoms with van der Waals surface area (Å²) in [5.74, 6) is 1.23. The van der Waals surface area contributed by atoms with E-state index in [4.69, 9.17) is 16.3 Å². The molecule has 8 heteroatoms. The van der Waals surface area contributed by atoms with Gasteiger partial charge in [-0.3, -0.25) is 4.90 Å². The monoisotopic (exact) mass is 461 g/mol. The van der Waals surface area contributed by atoms with Crippen LogP contribution in [0.2, 0.25) is 5.15 Å². The Hall–Kier alpha value is -2.64. The van der Waals surface area contributed by atoms with Crippen LogP contribution in [0.4, 0.5) is 14.6 Å². The molecule has 1 aliphatic heterocycles. The van der Waals surface area contributed by atoms with E-state index >= 15 is 0 Å². The summed E-state index contributed by atoms with van der Waals surface area (Å²) in [5, 5.41) is 6.18. The zero-order chi connectivity index (χ0) is 22.5. The van der Waals surface area contributed by atoms with Crippen molar-refractivity contribution in [1.29, 1.82) is 0 Å². The number of nitrogens with zero attached hydrogens (tertiary/aromatic N) is 2. The van der Waals surface area contributed by atoms with E-state index in [2.05, 4.69) is 19.9 Å². The van der Waals surface area contributed by atoms with E-state index in [0.29, 0.717) is 23.6 Å². The number of halogens is 3. The van der Waals surface area contributed by atoms with Gasteiger partial charge in [-0.1, -0.05) is 41.9 Å². The number of nitrogens with one attached hydrogen (secondary N) is 1. The van der Waals surface area contributed by atoms with E-state index in [1.54, 1.807) is 12.1 Å². The molecule has 1 N–H and O–H groups in total. The number of anilines is 1. The van der Waals surface area contributed by atoms with E-state index in [1.165, 1.54) is 0 Å². The van der Waals surface area contributed by atoms with Crippen LogP contribution in [0.25, 0.3) is 10.8 Å². The molecule has 0 amide bonds. The Labute approximate surface area is 191 Å². The van der Waals surface area contributed by atoms with Crippen molar-refractivity contribution in [2.45, 2.75) is 39.0 Å². The van der Waals surface area contributed by atoms with Crippen molar-refractivity contribution < 1.29 is 18.3 Å². The number of pyridine rings is 1.